The molecule has 11 heavy (non-hydrogen) atoms. The summed E-state index contributed by atoms with van der Waals surface area (Å²) in [5.41, 5.74) is 1.93. The SMILES string of the molecule is CC1=CC2C(CC1Cl)C2(C)C. The molecule has 0 radical (unpaired) electrons. The predicted molar refractivity (Wildman–Crippen MR) is 48.8 cm³/mol. The molecule has 3 unspecified atom stereocenters. The molecule has 1 heteroatoms. The van der Waals surface area contributed by atoms with E-state index in [0.29, 0.717) is 10.8 Å². The molecule has 0 aromatic rings. The van der Waals surface area contributed by atoms with Gasteiger partial charge in [-0.15, -0.1) is 11.6 Å². The smallest absolute Gasteiger partial charge is 0.0545 e. The Kier molecular flexibility index (Phi) is 1.42. The second kappa shape index (κ2) is 2.04. The maximum absolute atomic E-state index is 6.15. The highest BCUT2D eigenvalue weighted by Crippen LogP contribution is 2.64. The number of fused-ring (bicyclic) bond motifs is 1. The summed E-state index contributed by atoms with van der Waals surface area (Å²) in [4.78, 5) is 0. The van der Waals surface area contributed by atoms with Gasteiger partial charge in [-0.3, -0.25) is 0 Å². The fourth-order valence-electron chi connectivity index (χ4n) is 2.36. The van der Waals surface area contributed by atoms with Gasteiger partial charge in [0.15, 0.2) is 0 Å². The summed E-state index contributed by atoms with van der Waals surface area (Å²) in [6.45, 7) is 6.85. The van der Waals surface area contributed by atoms with Gasteiger partial charge in [-0.1, -0.05) is 25.5 Å². The molecule has 0 spiro atoms. The molecule has 0 heterocycles. The average molecular weight is 171 g/mol. The number of alkyl halides is 1. The lowest BCUT2D eigenvalue weighted by molar-refractivity contribution is 0.535. The first-order valence-corrected chi connectivity index (χ1v) is 4.79. The highest BCUT2D eigenvalue weighted by molar-refractivity contribution is 6.22. The van der Waals surface area contributed by atoms with Gasteiger partial charge in [-0.25, -0.2) is 0 Å². The first-order valence-electron chi connectivity index (χ1n) is 4.36. The maximum atomic E-state index is 6.15. The summed E-state index contributed by atoms with van der Waals surface area (Å²) < 4.78 is 0. The van der Waals surface area contributed by atoms with Gasteiger partial charge in [-0.2, -0.15) is 0 Å². The number of hydrogen-bond acceptors (Lipinski definition) is 0. The van der Waals surface area contributed by atoms with Crippen LogP contribution in [0.1, 0.15) is 27.2 Å². The standard InChI is InChI=1S/C10H15Cl/c1-6-4-7-8(5-9(6)11)10(7,2)3/h4,7-9H,5H2,1-3H3. The molecule has 0 saturated heterocycles. The molecule has 1 fully saturated rings. The number of halogens is 1. The van der Waals surface area contributed by atoms with Gasteiger partial charge in [0.2, 0.25) is 0 Å². The molecule has 0 N–H and O–H groups in total. The van der Waals surface area contributed by atoms with Crippen LogP contribution in [-0.2, 0) is 0 Å². The summed E-state index contributed by atoms with van der Waals surface area (Å²) in [6.07, 6.45) is 3.58. The van der Waals surface area contributed by atoms with Gasteiger partial charge in [0, 0.05) is 0 Å². The van der Waals surface area contributed by atoms with Crippen molar-refractivity contribution in [2.45, 2.75) is 32.6 Å². The predicted octanol–water partition coefficient (Wildman–Crippen LogP) is 3.22. The van der Waals surface area contributed by atoms with Crippen LogP contribution < -0.4 is 0 Å². The minimum absolute atomic E-state index is 0.318. The molecule has 2 aliphatic carbocycles. The van der Waals surface area contributed by atoms with Crippen LogP contribution in [0.3, 0.4) is 0 Å². The van der Waals surface area contributed by atoms with Crippen molar-refractivity contribution in [1.82, 2.24) is 0 Å². The third kappa shape index (κ3) is 0.955. The van der Waals surface area contributed by atoms with E-state index in [1.807, 2.05) is 0 Å². The van der Waals surface area contributed by atoms with Crippen molar-refractivity contribution in [3.63, 3.8) is 0 Å². The van der Waals surface area contributed by atoms with Crippen LogP contribution in [0.15, 0.2) is 11.6 Å². The second-order valence-electron chi connectivity index (χ2n) is 4.57. The molecular weight excluding hydrogens is 156 g/mol. The summed E-state index contributed by atoms with van der Waals surface area (Å²) in [5.74, 6) is 1.70. The number of allylic oxidation sites excluding steroid dienone is 2. The van der Waals surface area contributed by atoms with Crippen LogP contribution in [0, 0.1) is 17.3 Å². The van der Waals surface area contributed by atoms with Gasteiger partial charge in [-0.05, 0) is 30.6 Å². The second-order valence-corrected chi connectivity index (χ2v) is 5.09. The minimum Gasteiger partial charge on any atom is -0.118 e. The van der Waals surface area contributed by atoms with Crippen LogP contribution in [0.2, 0.25) is 0 Å². The Balaban J connectivity index is 2.22. The Labute approximate surface area is 73.6 Å². The normalized spacial score (nSPS) is 46.2. The fourth-order valence-corrected chi connectivity index (χ4v) is 2.63. The summed E-state index contributed by atoms with van der Waals surface area (Å²) >= 11 is 6.15. The third-order valence-electron chi connectivity index (χ3n) is 3.54. The highest BCUT2D eigenvalue weighted by Gasteiger charge is 2.58. The lowest BCUT2D eigenvalue weighted by Gasteiger charge is -2.13. The van der Waals surface area contributed by atoms with Crippen LogP contribution in [0.25, 0.3) is 0 Å². The molecule has 0 nitrogen and oxygen atoms in total. The van der Waals surface area contributed by atoms with Gasteiger partial charge < -0.3 is 0 Å². The van der Waals surface area contributed by atoms with E-state index in [1.54, 1.807) is 0 Å². The van der Waals surface area contributed by atoms with Gasteiger partial charge in [0.1, 0.15) is 0 Å². The van der Waals surface area contributed by atoms with Crippen LogP contribution in [0.4, 0.5) is 0 Å². The molecule has 0 amide bonds. The van der Waals surface area contributed by atoms with Gasteiger partial charge in [0.25, 0.3) is 0 Å². The van der Waals surface area contributed by atoms with E-state index in [4.69, 9.17) is 11.6 Å². The lowest BCUT2D eigenvalue weighted by atomic mass is 10.0. The quantitative estimate of drug-likeness (QED) is 0.387. The molecule has 62 valence electrons. The first kappa shape index (κ1) is 7.67. The van der Waals surface area contributed by atoms with E-state index in [1.165, 1.54) is 12.0 Å². The molecule has 0 bridgehead atoms. The zero-order valence-corrected chi connectivity index (χ0v) is 8.15. The summed E-state index contributed by atoms with van der Waals surface area (Å²) in [5, 5.41) is 0.318. The van der Waals surface area contributed by atoms with Crippen molar-refractivity contribution in [3.05, 3.63) is 11.6 Å². The molecule has 3 atom stereocenters. The topological polar surface area (TPSA) is 0 Å². The van der Waals surface area contributed by atoms with E-state index in [2.05, 4.69) is 26.8 Å². The molecule has 2 rings (SSSR count). The fraction of sp³-hybridized carbons (Fsp3) is 0.800. The summed E-state index contributed by atoms with van der Waals surface area (Å²) in [6, 6.07) is 0. The molecular formula is C10H15Cl. The van der Waals surface area contributed by atoms with E-state index in [-0.39, 0.29) is 0 Å². The van der Waals surface area contributed by atoms with Crippen LogP contribution >= 0.6 is 11.6 Å². The van der Waals surface area contributed by atoms with Gasteiger partial charge >= 0.3 is 0 Å². The molecule has 0 aromatic heterocycles. The highest BCUT2D eigenvalue weighted by atomic mass is 35.5. The molecule has 0 aromatic carbocycles. The van der Waals surface area contributed by atoms with E-state index >= 15 is 0 Å². The third-order valence-corrected chi connectivity index (χ3v) is 4.06. The van der Waals surface area contributed by atoms with E-state index < -0.39 is 0 Å². The first-order chi connectivity index (χ1) is 5.03. The Bertz CT molecular complexity index is 215. The average Bonchev–Trinajstić information content (AvgIpc) is 2.39. The molecule has 2 aliphatic rings. The van der Waals surface area contributed by atoms with Crippen LogP contribution in [-0.4, -0.2) is 5.38 Å². The zero-order valence-electron chi connectivity index (χ0n) is 7.39. The Morgan fingerprint density at radius 2 is 2.18 bits per heavy atom. The molecule has 1 saturated carbocycles. The monoisotopic (exact) mass is 170 g/mol. The number of rotatable bonds is 0. The van der Waals surface area contributed by atoms with Gasteiger partial charge in [0.05, 0.1) is 5.38 Å². The zero-order chi connectivity index (χ0) is 8.22. The van der Waals surface area contributed by atoms with Crippen molar-refractivity contribution in [1.29, 1.82) is 0 Å². The lowest BCUT2D eigenvalue weighted by Crippen LogP contribution is -2.07. The minimum atomic E-state index is 0.318. The van der Waals surface area contributed by atoms with Crippen molar-refractivity contribution in [3.8, 4) is 0 Å². The Morgan fingerprint density at radius 3 is 2.73 bits per heavy atom. The number of hydrogen-bond donors (Lipinski definition) is 0. The van der Waals surface area contributed by atoms with Crippen molar-refractivity contribution in [2.75, 3.05) is 0 Å². The van der Waals surface area contributed by atoms with Crippen molar-refractivity contribution in [2.24, 2.45) is 17.3 Å². The van der Waals surface area contributed by atoms with E-state index in [0.717, 1.165) is 11.8 Å². The van der Waals surface area contributed by atoms with Crippen molar-refractivity contribution >= 4 is 11.6 Å². The van der Waals surface area contributed by atoms with E-state index in [9.17, 15) is 0 Å². The Morgan fingerprint density at radius 1 is 1.55 bits per heavy atom. The maximum Gasteiger partial charge on any atom is 0.0545 e. The van der Waals surface area contributed by atoms with Crippen LogP contribution in [0.5, 0.6) is 0 Å². The summed E-state index contributed by atoms with van der Waals surface area (Å²) in [7, 11) is 0. The van der Waals surface area contributed by atoms with Crippen molar-refractivity contribution < 1.29 is 0 Å². The largest absolute Gasteiger partial charge is 0.118 e. The molecule has 0 aliphatic heterocycles. The Hall–Kier alpha value is 0.0300.